The number of hydrogen-bond acceptors (Lipinski definition) is 7. The minimum atomic E-state index is -0.632. The van der Waals surface area contributed by atoms with Crippen LogP contribution in [-0.2, 0) is 14.3 Å². The number of halogens is 1. The standard InChI is InChI=1S/C20H20ClN3O5/c1-28-19(26)12-6-13(20(27)29-2)9-15(8-12)22-18(25)17-10-16(23-24-17)11-4-3-5-14(21)7-11/h3-9,16-17,23-24H,10H2,1-2H3,(H,22,25). The summed E-state index contributed by atoms with van der Waals surface area (Å²) in [4.78, 5) is 36.4. The van der Waals surface area contributed by atoms with Gasteiger partial charge in [-0.3, -0.25) is 4.79 Å². The van der Waals surface area contributed by atoms with Gasteiger partial charge in [0.15, 0.2) is 0 Å². The van der Waals surface area contributed by atoms with Crippen LogP contribution in [0.4, 0.5) is 5.69 Å². The van der Waals surface area contributed by atoms with E-state index in [0.717, 1.165) is 5.56 Å². The van der Waals surface area contributed by atoms with Gasteiger partial charge in [0, 0.05) is 16.8 Å². The summed E-state index contributed by atoms with van der Waals surface area (Å²) in [6.07, 6.45) is 0.493. The molecule has 1 heterocycles. The summed E-state index contributed by atoms with van der Waals surface area (Å²) in [5, 5.41) is 3.34. The Balaban J connectivity index is 1.74. The third-order valence-corrected chi connectivity index (χ3v) is 4.75. The zero-order valence-corrected chi connectivity index (χ0v) is 16.6. The fourth-order valence-electron chi connectivity index (χ4n) is 3.07. The zero-order chi connectivity index (χ0) is 21.0. The van der Waals surface area contributed by atoms with E-state index in [9.17, 15) is 14.4 Å². The maximum absolute atomic E-state index is 12.7. The van der Waals surface area contributed by atoms with Crippen LogP contribution >= 0.6 is 11.6 Å². The number of carbonyl (C=O) groups is 3. The second kappa shape index (κ2) is 9.04. The van der Waals surface area contributed by atoms with Crippen molar-refractivity contribution in [2.45, 2.75) is 18.5 Å². The lowest BCUT2D eigenvalue weighted by molar-refractivity contribution is -0.117. The van der Waals surface area contributed by atoms with E-state index in [-0.39, 0.29) is 28.8 Å². The van der Waals surface area contributed by atoms with Crippen molar-refractivity contribution < 1.29 is 23.9 Å². The normalized spacial score (nSPS) is 18.2. The molecule has 152 valence electrons. The number of hydrazine groups is 1. The summed E-state index contributed by atoms with van der Waals surface area (Å²) >= 11 is 6.03. The molecule has 1 aliphatic rings. The van der Waals surface area contributed by atoms with Crippen molar-refractivity contribution in [1.82, 2.24) is 10.9 Å². The third kappa shape index (κ3) is 4.92. The van der Waals surface area contributed by atoms with Gasteiger partial charge in [-0.1, -0.05) is 23.7 Å². The molecule has 2 atom stereocenters. The van der Waals surface area contributed by atoms with Gasteiger partial charge in [-0.15, -0.1) is 0 Å². The van der Waals surface area contributed by atoms with Gasteiger partial charge in [-0.2, -0.15) is 0 Å². The van der Waals surface area contributed by atoms with Crippen LogP contribution in [0.15, 0.2) is 42.5 Å². The first kappa shape index (κ1) is 20.8. The molecule has 0 bridgehead atoms. The largest absolute Gasteiger partial charge is 0.465 e. The topological polar surface area (TPSA) is 106 Å². The number of amides is 1. The van der Waals surface area contributed by atoms with E-state index in [1.54, 1.807) is 6.07 Å². The van der Waals surface area contributed by atoms with Crippen molar-refractivity contribution in [2.24, 2.45) is 0 Å². The summed E-state index contributed by atoms with van der Waals surface area (Å²) in [5.74, 6) is -1.58. The van der Waals surface area contributed by atoms with Crippen molar-refractivity contribution in [1.29, 1.82) is 0 Å². The third-order valence-electron chi connectivity index (χ3n) is 4.51. The number of ether oxygens (including phenoxy) is 2. The number of methoxy groups -OCH3 is 2. The van der Waals surface area contributed by atoms with Gasteiger partial charge in [0.2, 0.25) is 5.91 Å². The highest BCUT2D eigenvalue weighted by Gasteiger charge is 2.30. The Morgan fingerprint density at radius 1 is 1.00 bits per heavy atom. The molecule has 9 heteroatoms. The predicted octanol–water partition coefficient (Wildman–Crippen LogP) is 2.46. The highest BCUT2D eigenvalue weighted by atomic mass is 35.5. The Labute approximate surface area is 172 Å². The molecule has 29 heavy (non-hydrogen) atoms. The van der Waals surface area contributed by atoms with Crippen LogP contribution in [0.3, 0.4) is 0 Å². The lowest BCUT2D eigenvalue weighted by Crippen LogP contribution is -2.39. The van der Waals surface area contributed by atoms with Crippen LogP contribution in [-0.4, -0.2) is 38.1 Å². The van der Waals surface area contributed by atoms with Gasteiger partial charge < -0.3 is 14.8 Å². The van der Waals surface area contributed by atoms with Crippen LogP contribution < -0.4 is 16.2 Å². The Kier molecular flexibility index (Phi) is 6.48. The molecule has 3 N–H and O–H groups in total. The van der Waals surface area contributed by atoms with Crippen molar-refractivity contribution in [2.75, 3.05) is 19.5 Å². The van der Waals surface area contributed by atoms with Gasteiger partial charge in [0.25, 0.3) is 0 Å². The lowest BCUT2D eigenvalue weighted by Gasteiger charge is -2.13. The maximum Gasteiger partial charge on any atom is 0.337 e. The molecule has 2 unspecified atom stereocenters. The second-order valence-corrected chi connectivity index (χ2v) is 6.89. The fourth-order valence-corrected chi connectivity index (χ4v) is 3.27. The molecule has 1 saturated heterocycles. The Bertz CT molecular complexity index is 915. The van der Waals surface area contributed by atoms with Gasteiger partial charge >= 0.3 is 11.9 Å². The molecular weight excluding hydrogens is 398 g/mol. The summed E-state index contributed by atoms with van der Waals surface area (Å²) in [6, 6.07) is 11.0. The first-order chi connectivity index (χ1) is 13.9. The number of anilines is 1. The van der Waals surface area contributed by atoms with E-state index in [0.29, 0.717) is 11.4 Å². The van der Waals surface area contributed by atoms with Crippen molar-refractivity contribution in [3.8, 4) is 0 Å². The Morgan fingerprint density at radius 2 is 1.66 bits per heavy atom. The summed E-state index contributed by atoms with van der Waals surface area (Å²) < 4.78 is 9.40. The minimum absolute atomic E-state index is 0.0866. The molecule has 8 nitrogen and oxygen atoms in total. The molecule has 0 spiro atoms. The average molecular weight is 418 g/mol. The number of rotatable bonds is 5. The Morgan fingerprint density at radius 3 is 2.24 bits per heavy atom. The van der Waals surface area contributed by atoms with Gasteiger partial charge in [-0.25, -0.2) is 20.4 Å². The first-order valence-electron chi connectivity index (χ1n) is 8.80. The van der Waals surface area contributed by atoms with Crippen molar-refractivity contribution >= 4 is 35.1 Å². The fraction of sp³-hybridized carbons (Fsp3) is 0.250. The molecule has 0 aromatic heterocycles. The van der Waals surface area contributed by atoms with E-state index < -0.39 is 18.0 Å². The van der Waals surface area contributed by atoms with Gasteiger partial charge in [-0.05, 0) is 42.3 Å². The smallest absolute Gasteiger partial charge is 0.337 e. The first-order valence-corrected chi connectivity index (χ1v) is 9.18. The van der Waals surface area contributed by atoms with Gasteiger partial charge in [0.05, 0.1) is 25.3 Å². The van der Waals surface area contributed by atoms with Crippen LogP contribution in [0.1, 0.15) is 38.7 Å². The number of esters is 2. The molecule has 0 radical (unpaired) electrons. The average Bonchev–Trinajstić information content (AvgIpc) is 3.23. The SMILES string of the molecule is COC(=O)c1cc(NC(=O)C2CC(c3cccc(Cl)c3)NN2)cc(C(=O)OC)c1. The van der Waals surface area contributed by atoms with Crippen LogP contribution in [0, 0.1) is 0 Å². The van der Waals surface area contributed by atoms with Gasteiger partial charge in [0.1, 0.15) is 6.04 Å². The number of benzene rings is 2. The van der Waals surface area contributed by atoms with E-state index in [4.69, 9.17) is 21.1 Å². The molecule has 1 aliphatic heterocycles. The van der Waals surface area contributed by atoms with E-state index >= 15 is 0 Å². The molecule has 1 amide bonds. The summed E-state index contributed by atoms with van der Waals surface area (Å²) in [5.41, 5.74) is 7.52. The molecule has 0 saturated carbocycles. The predicted molar refractivity (Wildman–Crippen MR) is 107 cm³/mol. The summed E-state index contributed by atoms with van der Waals surface area (Å²) in [6.45, 7) is 0. The summed E-state index contributed by atoms with van der Waals surface area (Å²) in [7, 11) is 2.46. The van der Waals surface area contributed by atoms with Crippen molar-refractivity contribution in [3.05, 3.63) is 64.2 Å². The van der Waals surface area contributed by atoms with Crippen molar-refractivity contribution in [3.63, 3.8) is 0 Å². The monoisotopic (exact) mass is 417 g/mol. The number of nitrogens with one attached hydrogen (secondary N) is 3. The molecule has 3 rings (SSSR count). The lowest BCUT2D eigenvalue weighted by atomic mass is 10.0. The molecule has 0 aliphatic carbocycles. The molecule has 1 fully saturated rings. The zero-order valence-electron chi connectivity index (χ0n) is 15.8. The van der Waals surface area contributed by atoms with E-state index in [2.05, 4.69) is 16.2 Å². The highest BCUT2D eigenvalue weighted by Crippen LogP contribution is 2.25. The number of hydrogen-bond donors (Lipinski definition) is 3. The Hall–Kier alpha value is -2.94. The van der Waals surface area contributed by atoms with E-state index in [1.165, 1.54) is 32.4 Å². The molecule has 2 aromatic carbocycles. The minimum Gasteiger partial charge on any atom is -0.465 e. The highest BCUT2D eigenvalue weighted by molar-refractivity contribution is 6.30. The van der Waals surface area contributed by atoms with Crippen LogP contribution in [0.5, 0.6) is 0 Å². The molecule has 2 aromatic rings. The quantitative estimate of drug-likeness (QED) is 0.641. The molecular formula is C20H20ClN3O5. The van der Waals surface area contributed by atoms with Crippen LogP contribution in [0.25, 0.3) is 0 Å². The number of carbonyl (C=O) groups excluding carboxylic acids is 3. The maximum atomic E-state index is 12.7. The van der Waals surface area contributed by atoms with Crippen LogP contribution in [0.2, 0.25) is 5.02 Å². The van der Waals surface area contributed by atoms with E-state index in [1.807, 2.05) is 18.2 Å². The second-order valence-electron chi connectivity index (χ2n) is 6.46.